The molecule has 4 aromatic rings. The van der Waals surface area contributed by atoms with Gasteiger partial charge in [-0.25, -0.2) is 8.42 Å². The highest BCUT2D eigenvalue weighted by Gasteiger charge is 2.20. The number of rotatable bonds is 6. The van der Waals surface area contributed by atoms with Gasteiger partial charge < -0.3 is 9.84 Å². The van der Waals surface area contributed by atoms with Crippen molar-refractivity contribution in [2.45, 2.75) is 36.0 Å². The fourth-order valence-electron chi connectivity index (χ4n) is 3.41. The molecule has 0 heterocycles. The molecule has 0 bridgehead atoms. The van der Waals surface area contributed by atoms with Gasteiger partial charge in [-0.15, -0.1) is 0 Å². The van der Waals surface area contributed by atoms with Crippen molar-refractivity contribution in [2.24, 2.45) is 0 Å². The molecule has 4 rings (SSSR count). The van der Waals surface area contributed by atoms with Gasteiger partial charge in [0.25, 0.3) is 0 Å². The third-order valence-corrected chi connectivity index (χ3v) is 8.44. The summed E-state index contributed by atoms with van der Waals surface area (Å²) in [7, 11) is -3.12. The lowest BCUT2D eigenvalue weighted by molar-refractivity contribution is 0.475. The van der Waals surface area contributed by atoms with Crippen LogP contribution in [0.25, 0.3) is 0 Å². The second-order valence-corrected chi connectivity index (χ2v) is 12.4. The monoisotopic (exact) mass is 490 g/mol. The van der Waals surface area contributed by atoms with Crippen LogP contribution in [0.4, 0.5) is 0 Å². The summed E-state index contributed by atoms with van der Waals surface area (Å²) in [5.41, 5.74) is 1.05. The second-order valence-electron chi connectivity index (χ2n) is 9.05. The molecule has 0 saturated carbocycles. The Morgan fingerprint density at radius 2 is 1.06 bits per heavy atom. The quantitative estimate of drug-likeness (QED) is 0.340. The molecule has 0 aliphatic heterocycles. The molecule has 0 aliphatic carbocycles. The van der Waals surface area contributed by atoms with Crippen molar-refractivity contribution in [1.29, 1.82) is 0 Å². The lowest BCUT2D eigenvalue weighted by Gasteiger charge is -2.19. The molecule has 0 saturated heterocycles. The van der Waals surface area contributed by atoms with Crippen LogP contribution in [0.2, 0.25) is 0 Å². The Balaban J connectivity index is 1.43. The minimum atomic E-state index is -3.60. The number of phenolic OH excluding ortho intramolecular Hbond substituents is 1. The second kappa shape index (κ2) is 9.61. The standard InChI is InChI=1S/C28H27O4PS/c1-28(2,3)20-4-16-26(17-5-20)34(30,31)27-18-10-23(11-19-27)32-22-8-14-25(15-9-22)33-24-12-6-21(29)7-13-24/h4-19,29,33H,1-3H3. The van der Waals surface area contributed by atoms with E-state index in [1.165, 1.54) is 0 Å². The molecule has 1 unspecified atom stereocenters. The molecule has 0 amide bonds. The molecule has 1 N–H and O–H groups in total. The number of sulfone groups is 1. The van der Waals surface area contributed by atoms with Gasteiger partial charge in [-0.3, -0.25) is 0 Å². The van der Waals surface area contributed by atoms with Crippen molar-refractivity contribution < 1.29 is 18.3 Å². The first kappa shape index (κ1) is 24.0. The summed E-state index contributed by atoms with van der Waals surface area (Å²) in [5.74, 6) is 1.50. The molecule has 174 valence electrons. The van der Waals surface area contributed by atoms with Crippen LogP contribution in [0.5, 0.6) is 17.2 Å². The molecule has 0 spiro atoms. The largest absolute Gasteiger partial charge is 0.508 e. The molecule has 4 aromatic carbocycles. The van der Waals surface area contributed by atoms with Gasteiger partial charge in [-0.05, 0) is 82.3 Å². The molecule has 0 radical (unpaired) electrons. The lowest BCUT2D eigenvalue weighted by Crippen LogP contribution is -2.11. The molecule has 6 heteroatoms. The van der Waals surface area contributed by atoms with Crippen molar-refractivity contribution in [2.75, 3.05) is 0 Å². The highest BCUT2D eigenvalue weighted by molar-refractivity contribution is 7.91. The number of phenols is 1. The van der Waals surface area contributed by atoms with Crippen LogP contribution in [0, 0.1) is 0 Å². The van der Waals surface area contributed by atoms with Crippen LogP contribution in [-0.4, -0.2) is 13.5 Å². The van der Waals surface area contributed by atoms with Crippen LogP contribution >= 0.6 is 8.58 Å². The van der Waals surface area contributed by atoms with Crippen LogP contribution in [-0.2, 0) is 15.3 Å². The topological polar surface area (TPSA) is 63.6 Å². The van der Waals surface area contributed by atoms with Gasteiger partial charge >= 0.3 is 0 Å². The van der Waals surface area contributed by atoms with E-state index in [4.69, 9.17) is 4.74 Å². The summed E-state index contributed by atoms with van der Waals surface area (Å²) in [6.07, 6.45) is 0. The minimum Gasteiger partial charge on any atom is -0.508 e. The summed E-state index contributed by atoms with van der Waals surface area (Å²) in [6.45, 7) is 6.29. The maximum absolute atomic E-state index is 13.0. The molecule has 1 atom stereocenters. The normalized spacial score (nSPS) is 12.2. The maximum Gasteiger partial charge on any atom is 0.206 e. The first-order chi connectivity index (χ1) is 16.1. The van der Waals surface area contributed by atoms with Gasteiger partial charge in [0.2, 0.25) is 9.84 Å². The number of ether oxygens (including phenoxy) is 1. The first-order valence-corrected chi connectivity index (χ1v) is 13.4. The van der Waals surface area contributed by atoms with E-state index in [1.54, 1.807) is 48.5 Å². The van der Waals surface area contributed by atoms with E-state index in [1.807, 2.05) is 48.5 Å². The van der Waals surface area contributed by atoms with E-state index in [0.717, 1.165) is 16.2 Å². The zero-order valence-electron chi connectivity index (χ0n) is 19.3. The number of aromatic hydroxyl groups is 1. The average molecular weight is 491 g/mol. The number of hydrogen-bond donors (Lipinski definition) is 1. The van der Waals surface area contributed by atoms with Crippen molar-refractivity contribution in [3.05, 3.63) is 103 Å². The van der Waals surface area contributed by atoms with E-state index >= 15 is 0 Å². The zero-order valence-corrected chi connectivity index (χ0v) is 21.1. The van der Waals surface area contributed by atoms with Gasteiger partial charge in [0.15, 0.2) is 0 Å². The first-order valence-electron chi connectivity index (χ1n) is 10.9. The Morgan fingerprint density at radius 1 is 0.647 bits per heavy atom. The third kappa shape index (κ3) is 5.67. The average Bonchev–Trinajstić information content (AvgIpc) is 2.82. The summed E-state index contributed by atoms with van der Waals surface area (Å²) in [4.78, 5) is 0.507. The van der Waals surface area contributed by atoms with Gasteiger partial charge in [0, 0.05) is 0 Å². The fourth-order valence-corrected chi connectivity index (χ4v) is 5.67. The molecule has 0 aromatic heterocycles. The molecular weight excluding hydrogens is 463 g/mol. The van der Waals surface area contributed by atoms with E-state index in [9.17, 15) is 13.5 Å². The van der Waals surface area contributed by atoms with Crippen molar-refractivity contribution in [3.63, 3.8) is 0 Å². The lowest BCUT2D eigenvalue weighted by atomic mass is 9.87. The van der Waals surface area contributed by atoms with E-state index < -0.39 is 9.84 Å². The SMILES string of the molecule is CC(C)(C)c1ccc(S(=O)(=O)c2ccc(Oc3ccc(Pc4ccc(O)cc4)cc3)cc2)cc1. The predicted octanol–water partition coefficient (Wildman–Crippen LogP) is 5.94. The van der Waals surface area contributed by atoms with Gasteiger partial charge in [-0.2, -0.15) is 0 Å². The summed E-state index contributed by atoms with van der Waals surface area (Å²) in [5, 5.41) is 11.7. The van der Waals surface area contributed by atoms with Gasteiger partial charge in [-0.1, -0.05) is 65.8 Å². The van der Waals surface area contributed by atoms with E-state index in [0.29, 0.717) is 20.1 Å². The molecule has 4 nitrogen and oxygen atoms in total. The van der Waals surface area contributed by atoms with E-state index in [2.05, 4.69) is 20.8 Å². The van der Waals surface area contributed by atoms with Crippen LogP contribution in [0.3, 0.4) is 0 Å². The van der Waals surface area contributed by atoms with Crippen molar-refractivity contribution in [1.82, 2.24) is 0 Å². The van der Waals surface area contributed by atoms with E-state index in [-0.39, 0.29) is 21.0 Å². The minimum absolute atomic E-state index is 0.0363. The summed E-state index contributed by atoms with van der Waals surface area (Å²) in [6, 6.07) is 28.5. The number of hydrogen-bond acceptors (Lipinski definition) is 4. The third-order valence-electron chi connectivity index (χ3n) is 5.41. The van der Waals surface area contributed by atoms with Crippen molar-refractivity contribution in [3.8, 4) is 17.2 Å². The highest BCUT2D eigenvalue weighted by Crippen LogP contribution is 2.28. The van der Waals surface area contributed by atoms with Crippen LogP contribution < -0.4 is 15.3 Å². The Kier molecular flexibility index (Phi) is 6.79. The Hall–Kier alpha value is -3.14. The molecule has 0 aliphatic rings. The summed E-state index contributed by atoms with van der Waals surface area (Å²) < 4.78 is 31.9. The smallest absolute Gasteiger partial charge is 0.206 e. The highest BCUT2D eigenvalue weighted by atomic mass is 32.2. The Labute approximate surface area is 203 Å². The molecule has 34 heavy (non-hydrogen) atoms. The summed E-state index contributed by atoms with van der Waals surface area (Å²) >= 11 is 0. The van der Waals surface area contributed by atoms with Crippen LogP contribution in [0.15, 0.2) is 107 Å². The number of benzene rings is 4. The fraction of sp³-hybridized carbons (Fsp3) is 0.143. The maximum atomic E-state index is 13.0. The van der Waals surface area contributed by atoms with Crippen LogP contribution in [0.1, 0.15) is 26.3 Å². The molecular formula is C28H27O4PS. The molecule has 0 fully saturated rings. The zero-order chi connectivity index (χ0) is 24.3. The Bertz CT molecular complexity index is 1350. The van der Waals surface area contributed by atoms with Gasteiger partial charge in [0.1, 0.15) is 17.2 Å². The van der Waals surface area contributed by atoms with Crippen molar-refractivity contribution >= 4 is 29.0 Å². The van der Waals surface area contributed by atoms with Gasteiger partial charge in [0.05, 0.1) is 9.79 Å². The Morgan fingerprint density at radius 3 is 1.53 bits per heavy atom. The predicted molar refractivity (Wildman–Crippen MR) is 139 cm³/mol.